The van der Waals surface area contributed by atoms with Gasteiger partial charge in [-0.1, -0.05) is 66.2 Å². The average molecular weight is 537 g/mol. The highest BCUT2D eigenvalue weighted by molar-refractivity contribution is 6.30. The summed E-state index contributed by atoms with van der Waals surface area (Å²) in [5.41, 5.74) is 4.40. The number of rotatable bonds is 5. The van der Waals surface area contributed by atoms with E-state index < -0.39 is 0 Å². The summed E-state index contributed by atoms with van der Waals surface area (Å²) in [4.78, 5) is 27.6. The van der Waals surface area contributed by atoms with Gasteiger partial charge >= 0.3 is 0 Å². The van der Waals surface area contributed by atoms with E-state index in [9.17, 15) is 4.79 Å². The molecule has 0 atom stereocenters. The zero-order valence-corrected chi connectivity index (χ0v) is 22.6. The molecular weight excluding hydrogens is 508 g/mol. The fourth-order valence-corrected chi connectivity index (χ4v) is 5.37. The molecule has 0 saturated carbocycles. The molecule has 0 radical (unpaired) electrons. The van der Waals surface area contributed by atoms with Gasteiger partial charge in [0.2, 0.25) is 0 Å². The molecule has 5 aromatic rings. The third-order valence-corrected chi connectivity index (χ3v) is 7.32. The van der Waals surface area contributed by atoms with E-state index in [1.165, 1.54) is 0 Å². The smallest absolute Gasteiger partial charge is 0.253 e. The van der Waals surface area contributed by atoms with E-state index in [1.54, 1.807) is 12.1 Å². The third-order valence-electron chi connectivity index (χ3n) is 7.09. The van der Waals surface area contributed by atoms with Crippen molar-refractivity contribution in [2.24, 2.45) is 0 Å². The van der Waals surface area contributed by atoms with Crippen LogP contribution in [0.2, 0.25) is 5.02 Å². The molecule has 1 amide bonds. The molecule has 0 unspecified atom stereocenters. The van der Waals surface area contributed by atoms with E-state index in [4.69, 9.17) is 26.7 Å². The zero-order chi connectivity index (χ0) is 26.8. The monoisotopic (exact) mass is 536 g/mol. The van der Waals surface area contributed by atoms with Gasteiger partial charge in [0, 0.05) is 43.2 Å². The summed E-state index contributed by atoms with van der Waals surface area (Å²) in [5, 5.41) is 6.41. The fourth-order valence-electron chi connectivity index (χ4n) is 5.18. The Bertz CT molecular complexity index is 1620. The Hall–Kier alpha value is -4.23. The molecular formula is C31H29ClN6O. The lowest BCUT2D eigenvalue weighted by molar-refractivity contribution is 0.0767. The Kier molecular flexibility index (Phi) is 6.99. The summed E-state index contributed by atoms with van der Waals surface area (Å²) in [6.45, 7) is 4.73. The van der Waals surface area contributed by atoms with Gasteiger partial charge in [0.05, 0.1) is 16.8 Å². The molecule has 2 aromatic heterocycles. The maximum Gasteiger partial charge on any atom is 0.253 e. The van der Waals surface area contributed by atoms with Gasteiger partial charge in [-0.25, -0.2) is 14.6 Å². The Morgan fingerprint density at radius 1 is 0.872 bits per heavy atom. The molecule has 0 bridgehead atoms. The van der Waals surface area contributed by atoms with Crippen molar-refractivity contribution in [1.82, 2.24) is 24.6 Å². The molecule has 39 heavy (non-hydrogen) atoms. The number of aryl methyl sites for hydroxylation is 1. The van der Waals surface area contributed by atoms with Crippen LogP contribution in [0.5, 0.6) is 0 Å². The Balaban J connectivity index is 1.37. The largest absolute Gasteiger partial charge is 0.354 e. The van der Waals surface area contributed by atoms with Gasteiger partial charge in [-0.15, -0.1) is 0 Å². The van der Waals surface area contributed by atoms with Crippen LogP contribution < -0.4 is 4.90 Å². The molecule has 1 aliphatic rings. The lowest BCUT2D eigenvalue weighted by Crippen LogP contribution is -2.35. The van der Waals surface area contributed by atoms with Crippen molar-refractivity contribution in [3.8, 4) is 5.69 Å². The molecule has 1 fully saturated rings. The number of halogens is 1. The van der Waals surface area contributed by atoms with Crippen LogP contribution in [0.4, 0.5) is 5.82 Å². The number of amides is 1. The predicted molar refractivity (Wildman–Crippen MR) is 155 cm³/mol. The molecule has 0 aliphatic carbocycles. The molecule has 196 valence electrons. The second-order valence-electron chi connectivity index (χ2n) is 9.80. The first-order valence-corrected chi connectivity index (χ1v) is 13.6. The molecule has 3 aromatic carbocycles. The number of nitrogens with zero attached hydrogens (tertiary/aromatic N) is 6. The first-order chi connectivity index (χ1) is 19.1. The van der Waals surface area contributed by atoms with Gasteiger partial charge in [-0.05, 0) is 49.2 Å². The van der Waals surface area contributed by atoms with E-state index in [2.05, 4.69) is 17.0 Å². The molecule has 0 spiro atoms. The molecule has 0 N–H and O–H groups in total. The van der Waals surface area contributed by atoms with Gasteiger partial charge in [0.25, 0.3) is 5.91 Å². The van der Waals surface area contributed by atoms with Crippen molar-refractivity contribution in [1.29, 1.82) is 0 Å². The molecule has 7 nitrogen and oxygen atoms in total. The van der Waals surface area contributed by atoms with E-state index in [1.807, 2.05) is 77.2 Å². The first kappa shape index (κ1) is 25.1. The summed E-state index contributed by atoms with van der Waals surface area (Å²) in [6, 6.07) is 27.5. The summed E-state index contributed by atoms with van der Waals surface area (Å²) < 4.78 is 1.91. The van der Waals surface area contributed by atoms with Crippen LogP contribution in [0.25, 0.3) is 16.7 Å². The number of aromatic nitrogens is 4. The minimum absolute atomic E-state index is 0.00466. The van der Waals surface area contributed by atoms with Gasteiger partial charge in [-0.2, -0.15) is 5.10 Å². The Labute approximate surface area is 232 Å². The summed E-state index contributed by atoms with van der Waals surface area (Å²) >= 11 is 6.15. The molecule has 1 saturated heterocycles. The van der Waals surface area contributed by atoms with Gasteiger partial charge < -0.3 is 9.80 Å². The topological polar surface area (TPSA) is 67.2 Å². The quantitative estimate of drug-likeness (QED) is 0.287. The van der Waals surface area contributed by atoms with Crippen molar-refractivity contribution in [3.05, 3.63) is 113 Å². The third kappa shape index (κ3) is 5.22. The molecule has 6 rings (SSSR count). The number of anilines is 1. The standard InChI is InChI=1S/C31H29ClN6O/c1-22-28-29(36-16-9-17-37(19-18-36)31(39)24-12-8-13-25(32)21-24)33-27(20-23-10-4-2-5-11-23)34-30(28)38(35-22)26-14-6-3-7-15-26/h2-8,10-15,21H,9,16-20H2,1H3. The minimum Gasteiger partial charge on any atom is -0.354 e. The lowest BCUT2D eigenvalue weighted by atomic mass is 10.1. The number of hydrogen-bond acceptors (Lipinski definition) is 5. The van der Waals surface area contributed by atoms with Crippen molar-refractivity contribution >= 4 is 34.4 Å². The van der Waals surface area contributed by atoms with E-state index in [-0.39, 0.29) is 5.91 Å². The van der Waals surface area contributed by atoms with Crippen LogP contribution >= 0.6 is 11.6 Å². The number of fused-ring (bicyclic) bond motifs is 1. The number of carbonyl (C=O) groups excluding carboxylic acids is 1. The number of carbonyl (C=O) groups is 1. The van der Waals surface area contributed by atoms with Crippen LogP contribution in [0.15, 0.2) is 84.9 Å². The van der Waals surface area contributed by atoms with Crippen LogP contribution in [-0.2, 0) is 6.42 Å². The van der Waals surface area contributed by atoms with Gasteiger partial charge in [0.15, 0.2) is 5.65 Å². The van der Waals surface area contributed by atoms with E-state index >= 15 is 0 Å². The molecule has 8 heteroatoms. The maximum absolute atomic E-state index is 13.2. The number of para-hydroxylation sites is 1. The first-order valence-electron chi connectivity index (χ1n) is 13.2. The van der Waals surface area contributed by atoms with Gasteiger partial charge in [0.1, 0.15) is 11.6 Å². The highest BCUT2D eigenvalue weighted by atomic mass is 35.5. The van der Waals surface area contributed by atoms with Crippen LogP contribution in [0.3, 0.4) is 0 Å². The second kappa shape index (κ2) is 10.9. The summed E-state index contributed by atoms with van der Waals surface area (Å²) in [5.74, 6) is 1.63. The van der Waals surface area contributed by atoms with Crippen LogP contribution in [0, 0.1) is 6.92 Å². The highest BCUT2D eigenvalue weighted by Gasteiger charge is 2.25. The van der Waals surface area contributed by atoms with E-state index in [0.29, 0.717) is 36.6 Å². The number of hydrogen-bond donors (Lipinski definition) is 0. The van der Waals surface area contributed by atoms with Crippen molar-refractivity contribution in [2.75, 3.05) is 31.1 Å². The van der Waals surface area contributed by atoms with Crippen LogP contribution in [-0.4, -0.2) is 56.7 Å². The lowest BCUT2D eigenvalue weighted by Gasteiger charge is -2.24. The van der Waals surface area contributed by atoms with Crippen molar-refractivity contribution in [2.45, 2.75) is 19.8 Å². The predicted octanol–water partition coefficient (Wildman–Crippen LogP) is 5.72. The van der Waals surface area contributed by atoms with Crippen molar-refractivity contribution in [3.63, 3.8) is 0 Å². The maximum atomic E-state index is 13.2. The SMILES string of the molecule is Cc1nn(-c2ccccc2)c2nc(Cc3ccccc3)nc(N3CCCN(C(=O)c4cccc(Cl)c4)CC3)c12. The minimum atomic E-state index is 0.00466. The summed E-state index contributed by atoms with van der Waals surface area (Å²) in [7, 11) is 0. The van der Waals surface area contributed by atoms with Crippen LogP contribution in [0.1, 0.15) is 33.9 Å². The number of benzene rings is 3. The molecule has 1 aliphatic heterocycles. The van der Waals surface area contributed by atoms with Gasteiger partial charge in [-0.3, -0.25) is 4.79 Å². The average Bonchev–Trinajstić information content (AvgIpc) is 3.12. The normalized spacial score (nSPS) is 14.0. The highest BCUT2D eigenvalue weighted by Crippen LogP contribution is 2.30. The van der Waals surface area contributed by atoms with E-state index in [0.717, 1.165) is 52.6 Å². The Morgan fingerprint density at radius 2 is 1.64 bits per heavy atom. The zero-order valence-electron chi connectivity index (χ0n) is 21.8. The summed E-state index contributed by atoms with van der Waals surface area (Å²) in [6.07, 6.45) is 1.45. The fraction of sp³-hybridized carbons (Fsp3) is 0.226. The Morgan fingerprint density at radius 3 is 2.41 bits per heavy atom. The molecule has 3 heterocycles. The second-order valence-corrected chi connectivity index (χ2v) is 10.2. The van der Waals surface area contributed by atoms with Crippen molar-refractivity contribution < 1.29 is 4.79 Å².